The highest BCUT2D eigenvalue weighted by Gasteiger charge is 2.42. The van der Waals surface area contributed by atoms with Crippen LogP contribution in [-0.2, 0) is 105 Å². The summed E-state index contributed by atoms with van der Waals surface area (Å²) in [6.45, 7) is 12.1. The Balaban J connectivity index is 4.35. The number of rotatable bonds is 41. The molecular weight excluding hydrogens is 1610 g/mol. The fourth-order valence-corrected chi connectivity index (χ4v) is 10.8. The van der Waals surface area contributed by atoms with Gasteiger partial charge in [-0.3, -0.25) is 62.3 Å². The molecule has 120 heavy (non-hydrogen) atoms. The van der Waals surface area contributed by atoms with Crippen molar-refractivity contribution in [2.24, 2.45) is 16.2 Å². The van der Waals surface area contributed by atoms with Crippen molar-refractivity contribution in [3.63, 3.8) is 0 Å². The van der Waals surface area contributed by atoms with E-state index in [0.29, 0.717) is 12.8 Å². The van der Waals surface area contributed by atoms with Crippen LogP contribution in [0.5, 0.6) is 0 Å². The van der Waals surface area contributed by atoms with Crippen molar-refractivity contribution in [2.75, 3.05) is 52.5 Å². The number of aliphatic hydroxyl groups is 4. The molecule has 6 unspecified atom stereocenters. The quantitative estimate of drug-likeness (QED) is 0.00980. The number of unbranched alkanes of at least 4 members (excludes halogenated alkanes) is 13. The van der Waals surface area contributed by atoms with Gasteiger partial charge in [0.15, 0.2) is 12.1 Å². The summed E-state index contributed by atoms with van der Waals surface area (Å²) in [5.74, 6) is -22.4. The molecule has 12 amide bonds. The Bertz CT molecular complexity index is 3440. The van der Waals surface area contributed by atoms with E-state index in [1.54, 1.807) is 0 Å². The first-order valence-corrected chi connectivity index (χ1v) is 40.2. The first kappa shape index (κ1) is 108. The lowest BCUT2D eigenvalue weighted by molar-refractivity contribution is -0.162. The molecule has 12 atom stereocenters. The van der Waals surface area contributed by atoms with Gasteiger partial charge in [0.05, 0.1) is 53.3 Å². The molecule has 0 saturated carbocycles. The molecule has 1 fully saturated rings. The Morgan fingerprint density at radius 2 is 0.900 bits per heavy atom. The lowest BCUT2D eigenvalue weighted by Crippen LogP contribution is -2.63. The average molecular weight is 1740 g/mol. The number of esters is 4. The lowest BCUT2D eigenvalue weighted by Gasteiger charge is -2.29. The third-order valence-electron chi connectivity index (χ3n) is 17.7. The summed E-state index contributed by atoms with van der Waals surface area (Å²) in [4.78, 5) is 245. The summed E-state index contributed by atoms with van der Waals surface area (Å²) >= 11 is 5.98. The maximum absolute atomic E-state index is 14.8. The number of halogens is 1. The van der Waals surface area contributed by atoms with Crippen LogP contribution in [-0.4, -0.2) is 263 Å². The number of carboxylic acids is 2. The Labute approximate surface area is 701 Å². The second-order valence-electron chi connectivity index (χ2n) is 31.4. The van der Waals surface area contributed by atoms with Crippen LogP contribution in [0.1, 0.15) is 218 Å². The van der Waals surface area contributed by atoms with Gasteiger partial charge in [0.25, 0.3) is 5.91 Å². The number of allylic oxidation sites excluding steroid dienone is 1. The molecule has 0 aliphatic carbocycles. The van der Waals surface area contributed by atoms with Crippen molar-refractivity contribution in [2.45, 2.75) is 291 Å². The summed E-state index contributed by atoms with van der Waals surface area (Å²) in [6, 6.07) is -18.2. The van der Waals surface area contributed by atoms with Gasteiger partial charge in [-0.15, -0.1) is 11.6 Å². The van der Waals surface area contributed by atoms with Gasteiger partial charge in [0.1, 0.15) is 54.6 Å². The normalized spacial score (nSPS) is 20.6. The highest BCUT2D eigenvalue weighted by atomic mass is 35.5. The molecule has 0 bridgehead atoms. The molecule has 0 aromatic rings. The maximum atomic E-state index is 14.8. The molecule has 1 rings (SSSR count). The third kappa shape index (κ3) is 44.7. The number of carbonyl (C=O) groups is 18. The largest absolute Gasteiger partial charge is 0.481 e. The Morgan fingerprint density at radius 1 is 0.492 bits per heavy atom. The number of alkyl carbamates (subject to hydrolysis) is 3. The summed E-state index contributed by atoms with van der Waals surface area (Å²) in [5.41, 5.74) is -3.88. The fourth-order valence-electron chi connectivity index (χ4n) is 10.6. The van der Waals surface area contributed by atoms with Crippen LogP contribution < -0.4 is 63.8 Å². The van der Waals surface area contributed by atoms with Crippen molar-refractivity contribution < 1.29 is 150 Å². The minimum Gasteiger partial charge on any atom is -0.481 e. The van der Waals surface area contributed by atoms with E-state index in [2.05, 4.69) is 60.1 Å². The van der Waals surface area contributed by atoms with Gasteiger partial charge < -0.3 is 128 Å². The number of amides is 12. The number of carbonyl (C=O) groups excluding carboxylic acids is 16. The molecule has 1 heterocycles. The molecule has 43 nitrogen and oxygen atoms in total. The van der Waals surface area contributed by atoms with E-state index < -0.39 is 280 Å². The molecule has 1 aliphatic heterocycles. The zero-order chi connectivity index (χ0) is 91.0. The van der Waals surface area contributed by atoms with Gasteiger partial charge in [0.2, 0.25) is 67.6 Å². The third-order valence-corrected chi connectivity index (χ3v) is 18.0. The minimum absolute atomic E-state index is 0.0619. The standard InChI is InChI=1S/C76H125ClN12O31/c1-13-15-16-17-18-19-20-21-22-23-24-25-26-29-44(91)36-52(93)81-50-39-114-67(107)55(51(92)38-77)88-58(97)45(14-2)82-64(103)54(43(3)90)87-61(100)48(32-35-80-73(113)120-42-117-70(110)76(10,11)12)84-59(98)46(30-27-28-33-78-71(111)118-40-115-68(108)74(4,5)6)83-62(101)49(37-53(94)95)86-60(99)47(85-65(104)56(89-63(50)102)57(96)66(105)106)31-34-79-72(112)119-41-116-69(109)75(7,8)9/h14,43-44,46-51,54-57,90-92,96H,13,15-42H2,1-12H3,(H,78,111)(H,79,112)(H,80,113)(H,81,93)(H,82,103)(H,83,101)(H,84,98)(H,85,104)(H,86,99)(H,87,100)(H,88,97)(H,89,102)(H,94,95)(H,105,106)/b45-14+/t43-,44-,46?,47+,48-,49?,50?,51+,54?,55?,56?,57-/m0/s1. The van der Waals surface area contributed by atoms with Gasteiger partial charge >= 0.3 is 54.1 Å². The Hall–Kier alpha value is -10.3. The van der Waals surface area contributed by atoms with E-state index in [1.807, 2.05) is 10.6 Å². The van der Waals surface area contributed by atoms with E-state index in [-0.39, 0.29) is 25.8 Å². The second-order valence-corrected chi connectivity index (χ2v) is 31.7. The van der Waals surface area contributed by atoms with E-state index >= 15 is 0 Å². The summed E-state index contributed by atoms with van der Waals surface area (Å²) < 4.78 is 34.8. The van der Waals surface area contributed by atoms with Crippen LogP contribution in [0.3, 0.4) is 0 Å². The second kappa shape index (κ2) is 56.3. The molecule has 1 saturated heterocycles. The molecule has 0 spiro atoms. The van der Waals surface area contributed by atoms with Gasteiger partial charge in [-0.05, 0) is 115 Å². The number of cyclic esters (lactones) is 1. The molecular formula is C76H125ClN12O31. The predicted octanol–water partition coefficient (Wildman–Crippen LogP) is 0.344. The maximum Gasteiger partial charge on any atom is 0.410 e. The van der Waals surface area contributed by atoms with Crippen LogP contribution in [0, 0.1) is 16.2 Å². The molecule has 0 aromatic carbocycles. The van der Waals surface area contributed by atoms with Gasteiger partial charge in [-0.2, -0.15) is 0 Å². The SMILES string of the molecule is C/C=C1/NC(=O)C([C@H](C)O)NC(=O)[C@H](CCNC(=O)OCOC(=O)C(C)(C)C)NC(=O)C(CCCCNC(=O)OCOC(=O)C(C)(C)C)NC(=O)C(CC(=O)O)NC(=O)[C@@H](CCNC(=O)OCOC(=O)C(C)(C)C)NC(=O)C([C@H](O)C(=O)O)NC(=O)C(NC(=O)C[C@@H](O)CCCCCCCCCCCCCCC)COC(=O)C([C@H](O)CCl)NC1=O. The minimum atomic E-state index is -3.04. The van der Waals surface area contributed by atoms with Crippen LogP contribution in [0.15, 0.2) is 11.8 Å². The molecule has 1 aliphatic rings. The zero-order valence-corrected chi connectivity index (χ0v) is 71.0. The lowest BCUT2D eigenvalue weighted by atomic mass is 9.97. The number of aliphatic carboxylic acids is 2. The predicted molar refractivity (Wildman–Crippen MR) is 421 cm³/mol. The number of nitrogens with one attached hydrogen (secondary N) is 12. The van der Waals surface area contributed by atoms with Crippen molar-refractivity contribution in [3.8, 4) is 0 Å². The molecule has 0 radical (unpaired) electrons. The fraction of sp³-hybridized carbons (Fsp3) is 0.737. The number of ether oxygens (including phenoxy) is 7. The monoisotopic (exact) mass is 1740 g/mol. The van der Waals surface area contributed by atoms with Crippen molar-refractivity contribution >= 4 is 119 Å². The number of hydrogen-bond acceptors (Lipinski definition) is 29. The highest BCUT2D eigenvalue weighted by molar-refractivity contribution is 6.18. The van der Waals surface area contributed by atoms with Crippen molar-refractivity contribution in [3.05, 3.63) is 11.8 Å². The summed E-state index contributed by atoms with van der Waals surface area (Å²) in [5, 5.41) is 90.8. The van der Waals surface area contributed by atoms with Gasteiger partial charge in [0, 0.05) is 19.6 Å². The summed E-state index contributed by atoms with van der Waals surface area (Å²) in [6.07, 6.45) is -2.77. The van der Waals surface area contributed by atoms with Gasteiger partial charge in [-0.1, -0.05) is 96.5 Å². The number of aliphatic hydroxyl groups excluding tert-OH is 4. The van der Waals surface area contributed by atoms with Crippen molar-refractivity contribution in [1.82, 2.24) is 63.8 Å². The molecule has 44 heteroatoms. The van der Waals surface area contributed by atoms with E-state index in [9.17, 15) is 117 Å². The van der Waals surface area contributed by atoms with E-state index in [1.165, 1.54) is 88.0 Å². The Morgan fingerprint density at radius 3 is 1.32 bits per heavy atom. The Kier molecular flexibility index (Phi) is 50.5. The van der Waals surface area contributed by atoms with Crippen LogP contribution in [0.2, 0.25) is 0 Å². The average Bonchev–Trinajstić information content (AvgIpc) is 0.840. The molecule has 682 valence electrons. The number of hydrogen-bond donors (Lipinski definition) is 18. The highest BCUT2D eigenvalue weighted by Crippen LogP contribution is 2.20. The zero-order valence-electron chi connectivity index (χ0n) is 70.3. The van der Waals surface area contributed by atoms with Gasteiger partial charge in [-0.25, -0.2) is 24.0 Å². The first-order valence-electron chi connectivity index (χ1n) is 39.7. The van der Waals surface area contributed by atoms with E-state index in [0.717, 1.165) is 64.9 Å². The number of alkyl halides is 1. The van der Waals surface area contributed by atoms with E-state index in [4.69, 9.17) is 44.8 Å². The smallest absolute Gasteiger partial charge is 0.410 e. The number of carboxylic acid groups (broad SMARTS) is 2. The summed E-state index contributed by atoms with van der Waals surface area (Å²) in [7, 11) is 0. The first-order chi connectivity index (χ1) is 56.2. The van der Waals surface area contributed by atoms with Crippen LogP contribution >= 0.6 is 11.6 Å². The van der Waals surface area contributed by atoms with Crippen molar-refractivity contribution in [1.29, 1.82) is 0 Å². The topological polar surface area (TPSA) is 638 Å². The van der Waals surface area contributed by atoms with Crippen LogP contribution in [0.4, 0.5) is 14.4 Å². The molecule has 18 N–H and O–H groups in total. The van der Waals surface area contributed by atoms with Crippen LogP contribution in [0.25, 0.3) is 0 Å². The molecule has 0 aromatic heterocycles.